The average molecular weight is 204 g/mol. The predicted octanol–water partition coefficient (Wildman–Crippen LogP) is 1.39. The monoisotopic (exact) mass is 204 g/mol. The second kappa shape index (κ2) is 3.57. The molecule has 0 saturated carbocycles. The second-order valence-corrected chi connectivity index (χ2v) is 4.19. The van der Waals surface area contributed by atoms with Crippen molar-refractivity contribution in [1.29, 1.82) is 0 Å². The molecular weight excluding hydrogens is 188 g/mol. The molecule has 0 aliphatic carbocycles. The summed E-state index contributed by atoms with van der Waals surface area (Å²) >= 11 is 0. The van der Waals surface area contributed by atoms with Gasteiger partial charge in [0.25, 0.3) is 0 Å². The van der Waals surface area contributed by atoms with Gasteiger partial charge in [-0.25, -0.2) is 0 Å². The lowest BCUT2D eigenvalue weighted by Crippen LogP contribution is -2.29. The average Bonchev–Trinajstić information content (AvgIpc) is 2.32. The fraction of sp³-hybridized carbons (Fsp3) is 0.417. The van der Waals surface area contributed by atoms with E-state index in [9.17, 15) is 4.79 Å². The summed E-state index contributed by atoms with van der Waals surface area (Å²) in [5.74, 6) is 0.107. The first-order chi connectivity index (χ1) is 7.09. The van der Waals surface area contributed by atoms with Crippen LogP contribution in [0.25, 0.3) is 0 Å². The maximum atomic E-state index is 11.9. The van der Waals surface area contributed by atoms with Crippen LogP contribution in [0.15, 0.2) is 18.2 Å². The summed E-state index contributed by atoms with van der Waals surface area (Å²) in [5, 5.41) is 0. The fourth-order valence-corrected chi connectivity index (χ4v) is 2.11. The van der Waals surface area contributed by atoms with Gasteiger partial charge in [0.2, 0.25) is 5.91 Å². The highest BCUT2D eigenvalue weighted by Gasteiger charge is 2.25. The highest BCUT2D eigenvalue weighted by molar-refractivity contribution is 5.84. The van der Waals surface area contributed by atoms with Gasteiger partial charge in [-0.05, 0) is 36.6 Å². The lowest BCUT2D eigenvalue weighted by molar-refractivity contribution is -0.130. The Morgan fingerprint density at radius 3 is 2.93 bits per heavy atom. The molecule has 1 heterocycles. The van der Waals surface area contributed by atoms with E-state index in [-0.39, 0.29) is 11.8 Å². The number of hydrogen-bond donors (Lipinski definition) is 1. The molecule has 0 radical (unpaired) electrons. The van der Waals surface area contributed by atoms with E-state index in [4.69, 9.17) is 5.73 Å². The first kappa shape index (κ1) is 10.0. The van der Waals surface area contributed by atoms with E-state index in [0.717, 1.165) is 24.2 Å². The zero-order valence-corrected chi connectivity index (χ0v) is 9.16. The third-order valence-electron chi connectivity index (χ3n) is 3.10. The standard InChI is InChI=1S/C12H16N2O/c1-8-11-7-10(13)4-3-9(11)5-6-14(2)12(8)15/h3-4,7-8H,5-6,13H2,1-2H3. The molecule has 80 valence electrons. The van der Waals surface area contributed by atoms with Gasteiger partial charge in [0.15, 0.2) is 0 Å². The van der Waals surface area contributed by atoms with Gasteiger partial charge in [-0.15, -0.1) is 0 Å². The van der Waals surface area contributed by atoms with Crippen LogP contribution in [0, 0.1) is 0 Å². The van der Waals surface area contributed by atoms with Crippen molar-refractivity contribution in [2.75, 3.05) is 19.3 Å². The highest BCUT2D eigenvalue weighted by Crippen LogP contribution is 2.27. The quantitative estimate of drug-likeness (QED) is 0.649. The minimum Gasteiger partial charge on any atom is -0.399 e. The van der Waals surface area contributed by atoms with Gasteiger partial charge in [0, 0.05) is 19.3 Å². The van der Waals surface area contributed by atoms with Gasteiger partial charge in [-0.1, -0.05) is 6.07 Å². The molecule has 1 aliphatic heterocycles. The molecule has 0 spiro atoms. The Hall–Kier alpha value is -1.51. The molecular formula is C12H16N2O. The van der Waals surface area contributed by atoms with E-state index in [1.54, 1.807) is 4.90 Å². The minimum absolute atomic E-state index is 0.0731. The zero-order chi connectivity index (χ0) is 11.0. The summed E-state index contributed by atoms with van der Waals surface area (Å²) in [6.45, 7) is 2.74. The SMILES string of the molecule is CC1C(=O)N(C)CCc2ccc(N)cc21. The predicted molar refractivity (Wildman–Crippen MR) is 60.6 cm³/mol. The number of fused-ring (bicyclic) bond motifs is 1. The van der Waals surface area contributed by atoms with E-state index >= 15 is 0 Å². The molecule has 1 unspecified atom stereocenters. The van der Waals surface area contributed by atoms with E-state index in [1.807, 2.05) is 32.2 Å². The summed E-state index contributed by atoms with van der Waals surface area (Å²) < 4.78 is 0. The van der Waals surface area contributed by atoms with Crippen LogP contribution in [0.2, 0.25) is 0 Å². The number of carbonyl (C=O) groups excluding carboxylic acids is 1. The number of carbonyl (C=O) groups is 1. The molecule has 1 aliphatic rings. The van der Waals surface area contributed by atoms with Gasteiger partial charge >= 0.3 is 0 Å². The van der Waals surface area contributed by atoms with Crippen LogP contribution in [0.1, 0.15) is 24.0 Å². The Morgan fingerprint density at radius 2 is 2.20 bits per heavy atom. The van der Waals surface area contributed by atoms with Crippen LogP contribution in [0.3, 0.4) is 0 Å². The highest BCUT2D eigenvalue weighted by atomic mass is 16.2. The molecule has 1 atom stereocenters. The van der Waals surface area contributed by atoms with Crippen molar-refractivity contribution in [1.82, 2.24) is 4.90 Å². The zero-order valence-electron chi connectivity index (χ0n) is 9.16. The Morgan fingerprint density at radius 1 is 1.47 bits per heavy atom. The molecule has 1 amide bonds. The first-order valence-corrected chi connectivity index (χ1v) is 5.23. The van der Waals surface area contributed by atoms with Crippen LogP contribution in [-0.2, 0) is 11.2 Å². The van der Waals surface area contributed by atoms with Crippen molar-refractivity contribution in [3.8, 4) is 0 Å². The molecule has 15 heavy (non-hydrogen) atoms. The molecule has 0 aromatic heterocycles. The molecule has 3 nitrogen and oxygen atoms in total. The molecule has 1 aromatic rings. The summed E-state index contributed by atoms with van der Waals surface area (Å²) in [6, 6.07) is 5.87. The van der Waals surface area contributed by atoms with E-state index < -0.39 is 0 Å². The van der Waals surface area contributed by atoms with Gasteiger partial charge in [-0.2, -0.15) is 0 Å². The molecule has 2 N–H and O–H groups in total. The molecule has 2 rings (SSSR count). The normalized spacial score (nSPS) is 21.1. The number of anilines is 1. The van der Waals surface area contributed by atoms with Crippen molar-refractivity contribution >= 4 is 11.6 Å². The number of nitrogens with two attached hydrogens (primary N) is 1. The third kappa shape index (κ3) is 1.69. The fourth-order valence-electron chi connectivity index (χ4n) is 2.11. The summed E-state index contributed by atoms with van der Waals surface area (Å²) in [4.78, 5) is 13.7. The van der Waals surface area contributed by atoms with Crippen LogP contribution >= 0.6 is 0 Å². The van der Waals surface area contributed by atoms with Gasteiger partial charge in [0.05, 0.1) is 5.92 Å². The lowest BCUT2D eigenvalue weighted by Gasteiger charge is -2.17. The van der Waals surface area contributed by atoms with E-state index in [1.165, 1.54) is 5.56 Å². The van der Waals surface area contributed by atoms with Crippen LogP contribution in [-0.4, -0.2) is 24.4 Å². The Bertz CT molecular complexity index is 401. The van der Waals surface area contributed by atoms with E-state index in [0.29, 0.717) is 0 Å². The van der Waals surface area contributed by atoms with Crippen molar-refractivity contribution in [3.63, 3.8) is 0 Å². The number of nitrogen functional groups attached to an aromatic ring is 1. The van der Waals surface area contributed by atoms with Crippen molar-refractivity contribution < 1.29 is 4.79 Å². The Balaban J connectivity index is 2.48. The number of rotatable bonds is 0. The van der Waals surface area contributed by atoms with Crippen molar-refractivity contribution in [2.45, 2.75) is 19.3 Å². The lowest BCUT2D eigenvalue weighted by atomic mass is 9.94. The molecule has 3 heteroatoms. The molecule has 0 bridgehead atoms. The van der Waals surface area contributed by atoms with Gasteiger partial charge in [-0.3, -0.25) is 4.79 Å². The van der Waals surface area contributed by atoms with Crippen LogP contribution in [0.5, 0.6) is 0 Å². The second-order valence-electron chi connectivity index (χ2n) is 4.19. The maximum absolute atomic E-state index is 11.9. The summed E-state index contributed by atoms with van der Waals surface area (Å²) in [7, 11) is 1.86. The third-order valence-corrected chi connectivity index (χ3v) is 3.10. The topological polar surface area (TPSA) is 46.3 Å². The Labute approximate surface area is 89.9 Å². The van der Waals surface area contributed by atoms with E-state index in [2.05, 4.69) is 0 Å². The summed E-state index contributed by atoms with van der Waals surface area (Å²) in [6.07, 6.45) is 0.919. The summed E-state index contributed by atoms with van der Waals surface area (Å²) in [5.41, 5.74) is 8.82. The molecule has 1 aromatic carbocycles. The number of likely N-dealkylation sites (N-methyl/N-ethyl adjacent to an activating group) is 1. The van der Waals surface area contributed by atoms with Crippen LogP contribution in [0.4, 0.5) is 5.69 Å². The first-order valence-electron chi connectivity index (χ1n) is 5.23. The van der Waals surface area contributed by atoms with Crippen LogP contribution < -0.4 is 5.73 Å². The van der Waals surface area contributed by atoms with Crippen molar-refractivity contribution in [2.24, 2.45) is 0 Å². The number of nitrogens with zero attached hydrogens (tertiary/aromatic N) is 1. The largest absolute Gasteiger partial charge is 0.399 e. The number of hydrogen-bond acceptors (Lipinski definition) is 2. The van der Waals surface area contributed by atoms with Crippen molar-refractivity contribution in [3.05, 3.63) is 29.3 Å². The minimum atomic E-state index is -0.0731. The molecule has 0 fully saturated rings. The number of amides is 1. The van der Waals surface area contributed by atoms with Gasteiger partial charge < -0.3 is 10.6 Å². The number of benzene rings is 1. The van der Waals surface area contributed by atoms with Gasteiger partial charge in [0.1, 0.15) is 0 Å². The smallest absolute Gasteiger partial charge is 0.229 e. The Kier molecular flexibility index (Phi) is 2.39. The maximum Gasteiger partial charge on any atom is 0.229 e. The molecule has 0 saturated heterocycles.